The van der Waals surface area contributed by atoms with Crippen molar-refractivity contribution < 1.29 is 19.4 Å². The lowest BCUT2D eigenvalue weighted by molar-refractivity contribution is -0.142. The SMILES string of the molecule is O=C(Nc1c(Br)cccc1Br)NC1COCC1C(=O)O. The topological polar surface area (TPSA) is 87.7 Å². The third-order valence-electron chi connectivity index (χ3n) is 2.92. The average Bonchev–Trinajstić information content (AvgIpc) is 2.82. The molecule has 0 radical (unpaired) electrons. The summed E-state index contributed by atoms with van der Waals surface area (Å²) in [4.78, 5) is 22.9. The fraction of sp³-hybridized carbons (Fsp3) is 0.333. The van der Waals surface area contributed by atoms with Crippen LogP contribution in [0, 0.1) is 5.92 Å². The molecule has 2 atom stereocenters. The third-order valence-corrected chi connectivity index (χ3v) is 4.24. The van der Waals surface area contributed by atoms with Crippen LogP contribution in [0.4, 0.5) is 10.5 Å². The Morgan fingerprint density at radius 2 is 1.90 bits per heavy atom. The number of carbonyl (C=O) groups is 2. The number of benzene rings is 1. The Labute approximate surface area is 132 Å². The predicted molar refractivity (Wildman–Crippen MR) is 79.7 cm³/mol. The number of amides is 2. The van der Waals surface area contributed by atoms with Crippen LogP contribution < -0.4 is 10.6 Å². The van der Waals surface area contributed by atoms with E-state index in [2.05, 4.69) is 42.5 Å². The quantitative estimate of drug-likeness (QED) is 0.718. The minimum atomic E-state index is -0.977. The molecule has 1 aliphatic rings. The number of anilines is 1. The number of nitrogens with one attached hydrogen (secondary N) is 2. The van der Waals surface area contributed by atoms with Gasteiger partial charge in [0.1, 0.15) is 5.92 Å². The molecule has 108 valence electrons. The number of rotatable bonds is 3. The van der Waals surface area contributed by atoms with Gasteiger partial charge in [-0.05, 0) is 44.0 Å². The lowest BCUT2D eigenvalue weighted by Crippen LogP contribution is -2.44. The summed E-state index contributed by atoms with van der Waals surface area (Å²) in [6.45, 7) is 0.306. The van der Waals surface area contributed by atoms with Crippen molar-refractivity contribution in [1.29, 1.82) is 0 Å². The first-order valence-electron chi connectivity index (χ1n) is 5.81. The highest BCUT2D eigenvalue weighted by molar-refractivity contribution is 9.11. The van der Waals surface area contributed by atoms with Gasteiger partial charge in [0.15, 0.2) is 0 Å². The Balaban J connectivity index is 2.01. The molecule has 1 aromatic rings. The average molecular weight is 408 g/mol. The summed E-state index contributed by atoms with van der Waals surface area (Å²) in [5.41, 5.74) is 0.579. The maximum Gasteiger partial charge on any atom is 0.319 e. The second-order valence-electron chi connectivity index (χ2n) is 4.28. The van der Waals surface area contributed by atoms with Crippen molar-refractivity contribution in [3.8, 4) is 0 Å². The van der Waals surface area contributed by atoms with E-state index in [0.717, 1.165) is 8.95 Å². The van der Waals surface area contributed by atoms with Crippen LogP contribution in [0.15, 0.2) is 27.1 Å². The zero-order valence-electron chi connectivity index (χ0n) is 10.2. The summed E-state index contributed by atoms with van der Waals surface area (Å²) in [5.74, 6) is -1.70. The Bertz CT molecular complexity index is 518. The first-order valence-corrected chi connectivity index (χ1v) is 7.39. The highest BCUT2D eigenvalue weighted by Gasteiger charge is 2.35. The van der Waals surface area contributed by atoms with Crippen LogP contribution >= 0.6 is 31.9 Å². The number of para-hydroxylation sites is 1. The van der Waals surface area contributed by atoms with Crippen LogP contribution in [0.5, 0.6) is 0 Å². The highest BCUT2D eigenvalue weighted by atomic mass is 79.9. The molecule has 6 nitrogen and oxygen atoms in total. The van der Waals surface area contributed by atoms with Gasteiger partial charge < -0.3 is 20.5 Å². The molecule has 0 spiro atoms. The molecule has 0 saturated carbocycles. The molecule has 2 rings (SSSR count). The van der Waals surface area contributed by atoms with E-state index in [4.69, 9.17) is 9.84 Å². The van der Waals surface area contributed by atoms with E-state index < -0.39 is 24.0 Å². The number of urea groups is 1. The molecule has 3 N–H and O–H groups in total. The summed E-state index contributed by atoms with van der Waals surface area (Å²) in [6, 6.07) is 4.40. The molecule has 1 fully saturated rings. The number of carboxylic acid groups (broad SMARTS) is 1. The molecule has 2 unspecified atom stereocenters. The molecule has 1 saturated heterocycles. The van der Waals surface area contributed by atoms with E-state index in [1.165, 1.54) is 0 Å². The number of carboxylic acids is 1. The zero-order valence-corrected chi connectivity index (χ0v) is 13.4. The minimum absolute atomic E-state index is 0.110. The van der Waals surface area contributed by atoms with E-state index in [1.807, 2.05) is 6.07 Å². The van der Waals surface area contributed by atoms with Gasteiger partial charge in [-0.15, -0.1) is 0 Å². The summed E-state index contributed by atoms with van der Waals surface area (Å²) in [6.07, 6.45) is 0. The molecule has 8 heteroatoms. The molecule has 0 bridgehead atoms. The number of hydrogen-bond donors (Lipinski definition) is 3. The van der Waals surface area contributed by atoms with Crippen LogP contribution in [0.3, 0.4) is 0 Å². The van der Waals surface area contributed by atoms with Crippen LogP contribution in [0.2, 0.25) is 0 Å². The molecule has 1 heterocycles. The maximum atomic E-state index is 11.9. The largest absolute Gasteiger partial charge is 0.481 e. The first-order chi connectivity index (χ1) is 9.49. The summed E-state index contributed by atoms with van der Waals surface area (Å²) in [7, 11) is 0. The van der Waals surface area contributed by atoms with Gasteiger partial charge in [0, 0.05) is 8.95 Å². The Kier molecular flexibility index (Phi) is 5.00. The van der Waals surface area contributed by atoms with Crippen molar-refractivity contribution >= 4 is 49.5 Å². The fourth-order valence-corrected chi connectivity index (χ4v) is 3.07. The molecule has 0 aliphatic carbocycles. The van der Waals surface area contributed by atoms with E-state index in [1.54, 1.807) is 12.1 Å². The second-order valence-corrected chi connectivity index (χ2v) is 5.99. The van der Waals surface area contributed by atoms with E-state index >= 15 is 0 Å². The van der Waals surface area contributed by atoms with Gasteiger partial charge in [-0.2, -0.15) is 0 Å². The van der Waals surface area contributed by atoms with Crippen LogP contribution in [-0.4, -0.2) is 36.4 Å². The highest BCUT2D eigenvalue weighted by Crippen LogP contribution is 2.30. The second kappa shape index (κ2) is 6.55. The number of hydrogen-bond acceptors (Lipinski definition) is 3. The molecule has 0 aromatic heterocycles. The molecular weight excluding hydrogens is 396 g/mol. The number of carbonyl (C=O) groups excluding carboxylic acids is 1. The van der Waals surface area contributed by atoms with E-state index in [9.17, 15) is 9.59 Å². The number of aliphatic carboxylic acids is 1. The predicted octanol–water partition coefficient (Wildman–Crippen LogP) is 2.43. The van der Waals surface area contributed by atoms with Gasteiger partial charge in [0.2, 0.25) is 0 Å². The fourth-order valence-electron chi connectivity index (χ4n) is 1.88. The van der Waals surface area contributed by atoms with Crippen molar-refractivity contribution in [3.05, 3.63) is 27.1 Å². The number of halogens is 2. The van der Waals surface area contributed by atoms with Crippen molar-refractivity contribution in [2.45, 2.75) is 6.04 Å². The van der Waals surface area contributed by atoms with Crippen LogP contribution in [0.1, 0.15) is 0 Å². The van der Waals surface area contributed by atoms with E-state index in [0.29, 0.717) is 5.69 Å². The zero-order chi connectivity index (χ0) is 14.7. The van der Waals surface area contributed by atoms with Gasteiger partial charge in [-0.1, -0.05) is 6.07 Å². The van der Waals surface area contributed by atoms with Gasteiger partial charge in [0.25, 0.3) is 0 Å². The molecule has 1 aromatic carbocycles. The Morgan fingerprint density at radius 3 is 2.50 bits per heavy atom. The monoisotopic (exact) mass is 406 g/mol. The van der Waals surface area contributed by atoms with Crippen molar-refractivity contribution in [1.82, 2.24) is 5.32 Å². The standard InChI is InChI=1S/C12H12Br2N2O4/c13-7-2-1-3-8(14)10(7)16-12(19)15-9-5-20-4-6(9)11(17)18/h1-3,6,9H,4-5H2,(H,17,18)(H2,15,16,19). The van der Waals surface area contributed by atoms with Gasteiger partial charge in [0.05, 0.1) is 24.9 Å². The van der Waals surface area contributed by atoms with E-state index in [-0.39, 0.29) is 13.2 Å². The lowest BCUT2D eigenvalue weighted by atomic mass is 10.0. The Morgan fingerprint density at radius 1 is 1.25 bits per heavy atom. The van der Waals surface area contributed by atoms with Gasteiger partial charge >= 0.3 is 12.0 Å². The first kappa shape index (κ1) is 15.3. The Hall–Kier alpha value is -1.12. The summed E-state index contributed by atoms with van der Waals surface area (Å²) < 4.78 is 6.53. The van der Waals surface area contributed by atoms with Crippen molar-refractivity contribution in [2.24, 2.45) is 5.92 Å². The molecule has 20 heavy (non-hydrogen) atoms. The van der Waals surface area contributed by atoms with Gasteiger partial charge in [-0.25, -0.2) is 4.79 Å². The minimum Gasteiger partial charge on any atom is -0.481 e. The lowest BCUT2D eigenvalue weighted by Gasteiger charge is -2.17. The summed E-state index contributed by atoms with van der Waals surface area (Å²) >= 11 is 6.66. The van der Waals surface area contributed by atoms with Crippen LogP contribution in [0.25, 0.3) is 0 Å². The summed E-state index contributed by atoms with van der Waals surface area (Å²) in [5, 5.41) is 14.3. The molecule has 2 amide bonds. The molecule has 1 aliphatic heterocycles. The maximum absolute atomic E-state index is 11.9. The van der Waals surface area contributed by atoms with Crippen molar-refractivity contribution in [3.63, 3.8) is 0 Å². The third kappa shape index (κ3) is 3.50. The van der Waals surface area contributed by atoms with Crippen molar-refractivity contribution in [2.75, 3.05) is 18.5 Å². The smallest absolute Gasteiger partial charge is 0.319 e. The van der Waals surface area contributed by atoms with Gasteiger partial charge in [-0.3, -0.25) is 4.79 Å². The number of ether oxygens (including phenoxy) is 1. The molecular formula is C12H12Br2N2O4. The van der Waals surface area contributed by atoms with Crippen LogP contribution in [-0.2, 0) is 9.53 Å². The normalized spacial score (nSPS) is 21.5.